The normalized spacial score (nSPS) is 10.6. The van der Waals surface area contributed by atoms with Gasteiger partial charge >= 0.3 is 0 Å². The first-order valence-corrected chi connectivity index (χ1v) is 4.81. The second-order valence-electron chi connectivity index (χ2n) is 3.67. The first kappa shape index (κ1) is 9.71. The molecular formula is C11H14N4. The molecular weight excluding hydrogens is 188 g/mol. The van der Waals surface area contributed by atoms with Gasteiger partial charge in [-0.2, -0.15) is 5.10 Å². The second kappa shape index (κ2) is 3.38. The number of hydrogen-bond donors (Lipinski definition) is 1. The van der Waals surface area contributed by atoms with Gasteiger partial charge in [0.2, 0.25) is 0 Å². The highest BCUT2D eigenvalue weighted by Gasteiger charge is 2.11. The largest absolute Gasteiger partial charge is 0.384 e. The minimum absolute atomic E-state index is 0.700. The molecule has 4 nitrogen and oxygen atoms in total. The summed E-state index contributed by atoms with van der Waals surface area (Å²) in [5, 5.41) is 4.36. The van der Waals surface area contributed by atoms with Crippen LogP contribution in [-0.2, 0) is 7.05 Å². The van der Waals surface area contributed by atoms with Crippen LogP contribution in [0.2, 0.25) is 0 Å². The van der Waals surface area contributed by atoms with Crippen LogP contribution in [0.5, 0.6) is 0 Å². The second-order valence-corrected chi connectivity index (χ2v) is 3.67. The molecule has 2 N–H and O–H groups in total. The molecule has 2 rings (SSSR count). The van der Waals surface area contributed by atoms with Crippen LogP contribution in [0.3, 0.4) is 0 Å². The molecule has 2 aromatic rings. The Balaban J connectivity index is 2.54. The molecule has 0 aromatic carbocycles. The summed E-state index contributed by atoms with van der Waals surface area (Å²) in [7, 11) is 1.84. The molecule has 0 bridgehead atoms. The van der Waals surface area contributed by atoms with Crippen molar-refractivity contribution in [1.29, 1.82) is 0 Å². The number of anilines is 1. The van der Waals surface area contributed by atoms with E-state index in [1.54, 1.807) is 4.68 Å². The summed E-state index contributed by atoms with van der Waals surface area (Å²) in [5.41, 5.74) is 9.76. The molecule has 0 fully saturated rings. The van der Waals surface area contributed by atoms with E-state index < -0.39 is 0 Å². The van der Waals surface area contributed by atoms with Gasteiger partial charge in [0.1, 0.15) is 5.82 Å². The van der Waals surface area contributed by atoms with Gasteiger partial charge in [0.25, 0.3) is 0 Å². The van der Waals surface area contributed by atoms with Gasteiger partial charge in [-0.05, 0) is 26.0 Å². The zero-order chi connectivity index (χ0) is 11.0. The summed E-state index contributed by atoms with van der Waals surface area (Å²) in [5.74, 6) is 0.700. The van der Waals surface area contributed by atoms with Crippen LogP contribution in [-0.4, -0.2) is 14.8 Å². The van der Waals surface area contributed by atoms with Crippen LogP contribution < -0.4 is 5.73 Å². The highest BCUT2D eigenvalue weighted by atomic mass is 15.3. The lowest BCUT2D eigenvalue weighted by molar-refractivity contribution is 0.782. The van der Waals surface area contributed by atoms with Crippen molar-refractivity contribution in [3.8, 4) is 11.3 Å². The predicted molar refractivity (Wildman–Crippen MR) is 60.3 cm³/mol. The van der Waals surface area contributed by atoms with Gasteiger partial charge in [-0.15, -0.1) is 0 Å². The summed E-state index contributed by atoms with van der Waals surface area (Å²) in [6, 6.07) is 3.98. The zero-order valence-corrected chi connectivity index (χ0v) is 9.15. The number of pyridine rings is 1. The maximum atomic E-state index is 5.85. The number of nitrogen functional groups attached to an aromatic ring is 1. The van der Waals surface area contributed by atoms with Crippen molar-refractivity contribution >= 4 is 5.82 Å². The van der Waals surface area contributed by atoms with Crippen molar-refractivity contribution in [3.05, 3.63) is 29.6 Å². The molecule has 0 saturated heterocycles. The highest BCUT2D eigenvalue weighted by Crippen LogP contribution is 2.24. The summed E-state index contributed by atoms with van der Waals surface area (Å²) in [4.78, 5) is 4.25. The Morgan fingerprint density at radius 3 is 2.47 bits per heavy atom. The Morgan fingerprint density at radius 1 is 1.27 bits per heavy atom. The lowest BCUT2D eigenvalue weighted by Crippen LogP contribution is -1.97. The molecule has 0 radical (unpaired) electrons. The van der Waals surface area contributed by atoms with Crippen LogP contribution >= 0.6 is 0 Å². The van der Waals surface area contributed by atoms with Gasteiger partial charge < -0.3 is 5.73 Å². The molecule has 0 unspecified atom stereocenters. The third-order valence-electron chi connectivity index (χ3n) is 2.52. The van der Waals surface area contributed by atoms with E-state index in [9.17, 15) is 0 Å². The number of aryl methyl sites for hydroxylation is 2. The van der Waals surface area contributed by atoms with Gasteiger partial charge in [-0.25, -0.2) is 0 Å². The van der Waals surface area contributed by atoms with Crippen molar-refractivity contribution in [3.63, 3.8) is 0 Å². The van der Waals surface area contributed by atoms with E-state index in [0.29, 0.717) is 5.82 Å². The Hall–Kier alpha value is -1.84. The Bertz CT molecular complexity index is 482. The predicted octanol–water partition coefficient (Wildman–Crippen LogP) is 1.68. The number of aromatic nitrogens is 3. The first-order valence-electron chi connectivity index (χ1n) is 4.81. The topological polar surface area (TPSA) is 56.7 Å². The molecule has 0 saturated carbocycles. The van der Waals surface area contributed by atoms with E-state index in [-0.39, 0.29) is 0 Å². The van der Waals surface area contributed by atoms with Crippen molar-refractivity contribution in [2.45, 2.75) is 13.8 Å². The summed E-state index contributed by atoms with van der Waals surface area (Å²) < 4.78 is 1.69. The van der Waals surface area contributed by atoms with Gasteiger partial charge in [0.05, 0.1) is 5.69 Å². The van der Waals surface area contributed by atoms with E-state index >= 15 is 0 Å². The molecule has 4 heteroatoms. The van der Waals surface area contributed by atoms with E-state index in [4.69, 9.17) is 5.73 Å². The number of nitrogens with zero attached hydrogens (tertiary/aromatic N) is 3. The fourth-order valence-electron chi connectivity index (χ4n) is 1.53. The molecule has 15 heavy (non-hydrogen) atoms. The number of nitrogens with two attached hydrogens (primary N) is 1. The van der Waals surface area contributed by atoms with E-state index in [1.165, 1.54) is 0 Å². The van der Waals surface area contributed by atoms with Crippen molar-refractivity contribution in [2.24, 2.45) is 7.05 Å². The minimum Gasteiger partial charge on any atom is -0.384 e. The van der Waals surface area contributed by atoms with Crippen molar-refractivity contribution in [2.75, 3.05) is 5.73 Å². The van der Waals surface area contributed by atoms with Crippen molar-refractivity contribution < 1.29 is 0 Å². The Morgan fingerprint density at radius 2 is 2.00 bits per heavy atom. The van der Waals surface area contributed by atoms with E-state index in [2.05, 4.69) is 10.1 Å². The smallest absolute Gasteiger partial charge is 0.124 e. The molecule has 78 valence electrons. The van der Waals surface area contributed by atoms with Gasteiger partial charge in [0.15, 0.2) is 0 Å². The van der Waals surface area contributed by atoms with Crippen LogP contribution in [0.15, 0.2) is 18.3 Å². The quantitative estimate of drug-likeness (QED) is 0.765. The number of hydrogen-bond acceptors (Lipinski definition) is 3. The zero-order valence-electron chi connectivity index (χ0n) is 9.15. The average Bonchev–Trinajstić information content (AvgIpc) is 2.47. The average molecular weight is 202 g/mol. The molecule has 0 spiro atoms. The van der Waals surface area contributed by atoms with Gasteiger partial charge in [-0.1, -0.05) is 0 Å². The molecule has 0 aliphatic carbocycles. The van der Waals surface area contributed by atoms with E-state index in [0.717, 1.165) is 22.5 Å². The number of rotatable bonds is 1. The molecule has 0 aliphatic rings. The lowest BCUT2D eigenvalue weighted by atomic mass is 10.1. The molecule has 0 amide bonds. The van der Waals surface area contributed by atoms with Crippen LogP contribution in [0.25, 0.3) is 11.3 Å². The van der Waals surface area contributed by atoms with E-state index in [1.807, 2.05) is 39.2 Å². The van der Waals surface area contributed by atoms with Crippen LogP contribution in [0.1, 0.15) is 11.3 Å². The molecule has 2 aromatic heterocycles. The lowest BCUT2D eigenvalue weighted by Gasteiger charge is -1.98. The Kier molecular flexibility index (Phi) is 2.19. The van der Waals surface area contributed by atoms with Crippen LogP contribution in [0, 0.1) is 13.8 Å². The fraction of sp³-hybridized carbons (Fsp3) is 0.273. The fourth-order valence-corrected chi connectivity index (χ4v) is 1.53. The first-order chi connectivity index (χ1) is 7.09. The summed E-state index contributed by atoms with van der Waals surface area (Å²) >= 11 is 0. The molecule has 0 aliphatic heterocycles. The summed E-state index contributed by atoms with van der Waals surface area (Å²) in [6.45, 7) is 3.93. The maximum Gasteiger partial charge on any atom is 0.124 e. The Labute approximate surface area is 88.8 Å². The van der Waals surface area contributed by atoms with Gasteiger partial charge in [0, 0.05) is 30.1 Å². The minimum atomic E-state index is 0.700. The third-order valence-corrected chi connectivity index (χ3v) is 2.52. The third kappa shape index (κ3) is 1.58. The summed E-state index contributed by atoms with van der Waals surface area (Å²) in [6.07, 6.45) is 1.82. The maximum absolute atomic E-state index is 5.85. The van der Waals surface area contributed by atoms with Crippen LogP contribution in [0.4, 0.5) is 5.82 Å². The highest BCUT2D eigenvalue weighted by molar-refractivity contribution is 5.67. The van der Waals surface area contributed by atoms with Gasteiger partial charge in [-0.3, -0.25) is 9.67 Å². The van der Waals surface area contributed by atoms with Crippen molar-refractivity contribution in [1.82, 2.24) is 14.8 Å². The monoisotopic (exact) mass is 202 g/mol. The standard InChI is InChI=1S/C11H14N4/c1-7-4-5-9(6-13-7)10-8(2)11(12)15(3)14-10/h4-6H,12H2,1-3H3. The SMILES string of the molecule is Cc1ccc(-c2nn(C)c(N)c2C)cn1. The molecule has 2 heterocycles. The molecule has 0 atom stereocenters.